The maximum atomic E-state index is 12.3. The smallest absolute Gasteiger partial charge is 0.254 e. The molecule has 25 heavy (non-hydrogen) atoms. The van der Waals surface area contributed by atoms with Gasteiger partial charge in [-0.3, -0.25) is 4.79 Å². The van der Waals surface area contributed by atoms with E-state index in [-0.39, 0.29) is 11.9 Å². The van der Waals surface area contributed by atoms with Crippen molar-refractivity contribution in [3.05, 3.63) is 35.1 Å². The third-order valence-corrected chi connectivity index (χ3v) is 4.40. The Morgan fingerprint density at radius 1 is 1.20 bits per heavy atom. The van der Waals surface area contributed by atoms with Crippen LogP contribution >= 0.6 is 0 Å². The Hall–Kier alpha value is -2.70. The molecule has 0 radical (unpaired) electrons. The van der Waals surface area contributed by atoms with Gasteiger partial charge < -0.3 is 24.1 Å². The van der Waals surface area contributed by atoms with Crippen molar-refractivity contribution in [1.29, 1.82) is 0 Å². The number of hydrogen-bond acceptors (Lipinski definition) is 6. The van der Waals surface area contributed by atoms with E-state index in [9.17, 15) is 4.79 Å². The van der Waals surface area contributed by atoms with Crippen LogP contribution in [0.15, 0.2) is 22.7 Å². The zero-order valence-corrected chi connectivity index (χ0v) is 14.6. The van der Waals surface area contributed by atoms with Crippen LogP contribution in [0.2, 0.25) is 0 Å². The number of ether oxygens (including phenoxy) is 3. The Morgan fingerprint density at radius 2 is 1.96 bits per heavy atom. The first kappa shape index (κ1) is 17.1. The Bertz CT molecular complexity index is 756. The molecular formula is C18H22N2O5. The van der Waals surface area contributed by atoms with E-state index in [0.29, 0.717) is 36.0 Å². The molecule has 0 fully saturated rings. The quantitative estimate of drug-likeness (QED) is 0.829. The second kappa shape index (κ2) is 7.46. The van der Waals surface area contributed by atoms with Crippen molar-refractivity contribution in [2.24, 2.45) is 0 Å². The summed E-state index contributed by atoms with van der Waals surface area (Å²) in [6, 6.07) is 5.62. The number of nitrogens with one attached hydrogen (secondary N) is 1. The van der Waals surface area contributed by atoms with Crippen LogP contribution in [0.5, 0.6) is 17.4 Å². The topological polar surface area (TPSA) is 82.8 Å². The third kappa shape index (κ3) is 3.70. The van der Waals surface area contributed by atoms with Crippen molar-refractivity contribution in [2.75, 3.05) is 21.3 Å². The summed E-state index contributed by atoms with van der Waals surface area (Å²) in [4.78, 5) is 12.3. The molecule has 0 aliphatic heterocycles. The Balaban J connectivity index is 1.62. The van der Waals surface area contributed by atoms with Gasteiger partial charge in [-0.2, -0.15) is 0 Å². The zero-order valence-electron chi connectivity index (χ0n) is 14.6. The number of carbonyl (C=O) groups excluding carboxylic acids is 1. The molecule has 0 saturated heterocycles. The maximum Gasteiger partial charge on any atom is 0.254 e. The van der Waals surface area contributed by atoms with Crippen LogP contribution in [0.1, 0.15) is 35.8 Å². The van der Waals surface area contributed by atoms with Crippen LogP contribution in [0.3, 0.4) is 0 Å². The zero-order chi connectivity index (χ0) is 17.8. The van der Waals surface area contributed by atoms with E-state index >= 15 is 0 Å². The van der Waals surface area contributed by atoms with E-state index in [0.717, 1.165) is 18.4 Å². The number of hydrogen-bond donors (Lipinski definition) is 1. The first-order chi connectivity index (χ1) is 12.1. The number of carbonyl (C=O) groups is 1. The summed E-state index contributed by atoms with van der Waals surface area (Å²) in [6.07, 6.45) is 2.58. The molecule has 1 atom stereocenters. The molecule has 1 aliphatic rings. The van der Waals surface area contributed by atoms with Crippen molar-refractivity contribution in [2.45, 2.75) is 31.7 Å². The minimum Gasteiger partial charge on any atom is -0.493 e. The summed E-state index contributed by atoms with van der Waals surface area (Å²) in [5.41, 5.74) is 2.27. The van der Waals surface area contributed by atoms with Crippen molar-refractivity contribution in [3.8, 4) is 17.4 Å². The second-order valence-electron chi connectivity index (χ2n) is 5.90. The Labute approximate surface area is 146 Å². The highest BCUT2D eigenvalue weighted by atomic mass is 16.5. The largest absolute Gasteiger partial charge is 0.493 e. The van der Waals surface area contributed by atoms with Gasteiger partial charge in [0.2, 0.25) is 5.91 Å². The SMILES string of the molecule is COc1cc(CCC(=O)NC2CCc3cc(OC)c(OC)cc32)on1. The predicted octanol–water partition coefficient (Wildman–Crippen LogP) is 2.44. The van der Waals surface area contributed by atoms with Gasteiger partial charge in [-0.25, -0.2) is 0 Å². The lowest BCUT2D eigenvalue weighted by atomic mass is 10.1. The highest BCUT2D eigenvalue weighted by Crippen LogP contribution is 2.39. The molecule has 0 bridgehead atoms. The minimum atomic E-state index is -0.0250. The van der Waals surface area contributed by atoms with E-state index in [4.69, 9.17) is 18.7 Å². The van der Waals surface area contributed by atoms with Crippen molar-refractivity contribution >= 4 is 5.91 Å². The molecule has 1 heterocycles. The lowest BCUT2D eigenvalue weighted by Gasteiger charge is -2.16. The standard InChI is InChI=1S/C18H22N2O5/c1-22-15-8-11-4-6-14(13(11)10-16(15)23-2)19-17(21)7-5-12-9-18(24-3)20-25-12/h8-10,14H,4-7H2,1-3H3,(H,19,21). The van der Waals surface area contributed by atoms with Gasteiger partial charge in [-0.05, 0) is 41.3 Å². The van der Waals surface area contributed by atoms with E-state index in [1.54, 1.807) is 20.3 Å². The molecule has 7 heteroatoms. The van der Waals surface area contributed by atoms with Gasteiger partial charge in [-0.1, -0.05) is 0 Å². The van der Waals surface area contributed by atoms with Crippen molar-refractivity contribution in [3.63, 3.8) is 0 Å². The Morgan fingerprint density at radius 3 is 2.64 bits per heavy atom. The minimum absolute atomic E-state index is 0.00781. The fourth-order valence-electron chi connectivity index (χ4n) is 3.09. The van der Waals surface area contributed by atoms with Crippen molar-refractivity contribution < 1.29 is 23.5 Å². The van der Waals surface area contributed by atoms with Crippen LogP contribution in [-0.4, -0.2) is 32.4 Å². The lowest BCUT2D eigenvalue weighted by molar-refractivity contribution is -0.121. The summed E-state index contributed by atoms with van der Waals surface area (Å²) >= 11 is 0. The van der Waals surface area contributed by atoms with E-state index in [2.05, 4.69) is 10.5 Å². The molecule has 2 aromatic rings. The highest BCUT2D eigenvalue weighted by molar-refractivity contribution is 5.77. The fourth-order valence-corrected chi connectivity index (χ4v) is 3.09. The van der Waals surface area contributed by atoms with Crippen LogP contribution in [0.4, 0.5) is 0 Å². The first-order valence-electron chi connectivity index (χ1n) is 8.18. The van der Waals surface area contributed by atoms with E-state index in [1.165, 1.54) is 12.7 Å². The predicted molar refractivity (Wildman–Crippen MR) is 90.1 cm³/mol. The number of methoxy groups -OCH3 is 3. The molecule has 7 nitrogen and oxygen atoms in total. The lowest BCUT2D eigenvalue weighted by Crippen LogP contribution is -2.27. The number of aryl methyl sites for hydroxylation is 2. The van der Waals surface area contributed by atoms with Gasteiger partial charge in [0.15, 0.2) is 11.5 Å². The highest BCUT2D eigenvalue weighted by Gasteiger charge is 2.26. The molecule has 0 saturated carbocycles. The molecule has 1 aromatic carbocycles. The van der Waals surface area contributed by atoms with E-state index in [1.807, 2.05) is 12.1 Å². The van der Waals surface area contributed by atoms with Crippen LogP contribution in [-0.2, 0) is 17.6 Å². The average Bonchev–Trinajstić information content (AvgIpc) is 3.25. The molecule has 1 aliphatic carbocycles. The van der Waals surface area contributed by atoms with Gasteiger partial charge in [0.05, 0.1) is 27.4 Å². The molecule has 1 N–H and O–H groups in total. The van der Waals surface area contributed by atoms with Crippen LogP contribution < -0.4 is 19.5 Å². The van der Waals surface area contributed by atoms with Gasteiger partial charge in [0.1, 0.15) is 5.76 Å². The van der Waals surface area contributed by atoms with Gasteiger partial charge in [0, 0.05) is 18.9 Å². The molecule has 0 spiro atoms. The number of rotatable bonds is 7. The molecule has 3 rings (SSSR count). The summed E-state index contributed by atoms with van der Waals surface area (Å²) in [5, 5.41) is 6.81. The summed E-state index contributed by atoms with van der Waals surface area (Å²) in [5.74, 6) is 2.41. The van der Waals surface area contributed by atoms with Crippen LogP contribution in [0.25, 0.3) is 0 Å². The number of nitrogens with zero attached hydrogens (tertiary/aromatic N) is 1. The average molecular weight is 346 g/mol. The monoisotopic (exact) mass is 346 g/mol. The van der Waals surface area contributed by atoms with Gasteiger partial charge in [0.25, 0.3) is 5.88 Å². The summed E-state index contributed by atoms with van der Waals surface area (Å²) in [7, 11) is 4.75. The molecule has 1 unspecified atom stereocenters. The number of amides is 1. The molecule has 1 aromatic heterocycles. The fraction of sp³-hybridized carbons (Fsp3) is 0.444. The number of fused-ring (bicyclic) bond motifs is 1. The van der Waals surface area contributed by atoms with Gasteiger partial charge >= 0.3 is 0 Å². The summed E-state index contributed by atoms with van der Waals surface area (Å²) < 4.78 is 20.8. The molecule has 1 amide bonds. The Kier molecular flexibility index (Phi) is 5.11. The first-order valence-corrected chi connectivity index (χ1v) is 8.18. The molecular weight excluding hydrogens is 324 g/mol. The summed E-state index contributed by atoms with van der Waals surface area (Å²) in [6.45, 7) is 0. The molecule has 134 valence electrons. The normalized spacial score (nSPS) is 15.6. The van der Waals surface area contributed by atoms with E-state index < -0.39 is 0 Å². The van der Waals surface area contributed by atoms with Crippen molar-refractivity contribution in [1.82, 2.24) is 10.5 Å². The third-order valence-electron chi connectivity index (χ3n) is 4.40. The van der Waals surface area contributed by atoms with Gasteiger partial charge in [-0.15, -0.1) is 0 Å². The van der Waals surface area contributed by atoms with Crippen LogP contribution in [0, 0.1) is 0 Å². The number of aromatic nitrogens is 1. The second-order valence-corrected chi connectivity index (χ2v) is 5.90. The maximum absolute atomic E-state index is 12.3. The number of benzene rings is 1.